The quantitative estimate of drug-likeness (QED) is 0.118. The molecule has 2 aromatic heterocycles. The van der Waals surface area contributed by atoms with E-state index < -0.39 is 62.8 Å². The van der Waals surface area contributed by atoms with E-state index in [1.54, 1.807) is 6.07 Å². The fourth-order valence-corrected chi connectivity index (χ4v) is 5.43. The molecule has 3 aromatic rings. The Morgan fingerprint density at radius 2 is 2.08 bits per heavy atom. The van der Waals surface area contributed by atoms with Gasteiger partial charge in [0.15, 0.2) is 6.29 Å². The van der Waals surface area contributed by atoms with Crippen LogP contribution in [-0.2, 0) is 36.0 Å². The van der Waals surface area contributed by atoms with Crippen LogP contribution in [0.4, 0.5) is 0 Å². The molecule has 4 rings (SSSR count). The number of hydroxylamine groups is 1. The van der Waals surface area contributed by atoms with Crippen molar-refractivity contribution in [3.63, 3.8) is 0 Å². The molecule has 17 heteroatoms. The van der Waals surface area contributed by atoms with Crippen molar-refractivity contribution in [3.05, 3.63) is 58.8 Å². The molecule has 2 unspecified atom stereocenters. The number of aromatic nitrogens is 2. The van der Waals surface area contributed by atoms with E-state index in [-0.39, 0.29) is 27.4 Å². The lowest BCUT2D eigenvalue weighted by Gasteiger charge is -2.32. The number of aliphatic hydroxyl groups is 4. The maximum atomic E-state index is 13.8. The molecule has 0 saturated carbocycles. The summed E-state index contributed by atoms with van der Waals surface area (Å²) in [7, 11) is -3.92. The highest BCUT2D eigenvalue weighted by Crippen LogP contribution is 2.54. The van der Waals surface area contributed by atoms with Crippen LogP contribution < -0.4 is 15.9 Å². The predicted molar refractivity (Wildman–Crippen MR) is 129 cm³/mol. The van der Waals surface area contributed by atoms with Gasteiger partial charge in [-0.05, 0) is 25.1 Å². The van der Waals surface area contributed by atoms with Crippen LogP contribution in [-0.4, -0.2) is 72.4 Å². The van der Waals surface area contributed by atoms with Crippen LogP contribution >= 0.6 is 7.75 Å². The summed E-state index contributed by atoms with van der Waals surface area (Å²) in [6, 6.07) is 7.64. The van der Waals surface area contributed by atoms with Gasteiger partial charge in [0.25, 0.3) is 11.8 Å². The average Bonchev–Trinajstić information content (AvgIpc) is 3.43. The first kappa shape index (κ1) is 28.8. The molecule has 6 atom stereocenters. The molecule has 0 spiro atoms. The number of nitrogens with two attached hydrogens (primary N) is 1. The molecule has 1 aliphatic heterocycles. The zero-order valence-corrected chi connectivity index (χ0v) is 21.6. The molecule has 1 amide bonds. The highest BCUT2D eigenvalue weighted by molar-refractivity contribution is 7.52. The molecule has 0 radical (unpaired) electrons. The number of carbonyl (C=O) groups excluding carboxylic acids is 1. The van der Waals surface area contributed by atoms with Crippen molar-refractivity contribution in [2.45, 2.75) is 50.4 Å². The van der Waals surface area contributed by atoms with Crippen molar-refractivity contribution in [1.82, 2.24) is 14.4 Å². The Morgan fingerprint density at radius 3 is 2.69 bits per heavy atom. The van der Waals surface area contributed by atoms with Gasteiger partial charge in [-0.2, -0.15) is 4.98 Å². The molecule has 0 bridgehead atoms. The van der Waals surface area contributed by atoms with Gasteiger partial charge in [0.2, 0.25) is 5.71 Å². The minimum Gasteiger partial charge on any atom is -0.440 e. The summed E-state index contributed by atoms with van der Waals surface area (Å²) in [5.74, 6) is -3.50. The Labute approximate surface area is 220 Å². The van der Waals surface area contributed by atoms with Crippen molar-refractivity contribution < 1.29 is 52.8 Å². The Balaban J connectivity index is 1.63. The standard InChI is InChI=1S/C22H27N4O12P/c1-12(23)19(29)26(34-2)39(33,37-14-6-4-3-5-7-14)38-20(30)17-16(28)9-22(32,36-17)25-10-13-8-15(11-27)35-18(13)24-21(25)31/h3-8,10,12,16-17,20,27-28,30,32H,9,11,23H2,1-2H3/t12-,16-,17-,20?,22-,39?/m0/s1. The first-order valence-corrected chi connectivity index (χ1v) is 13.0. The van der Waals surface area contributed by atoms with Gasteiger partial charge in [0, 0.05) is 6.20 Å². The lowest BCUT2D eigenvalue weighted by atomic mass is 10.1. The van der Waals surface area contributed by atoms with Gasteiger partial charge in [-0.15, -0.1) is 4.83 Å². The lowest BCUT2D eigenvalue weighted by Crippen LogP contribution is -2.44. The molecule has 0 aliphatic carbocycles. The number of fused-ring (bicyclic) bond motifs is 1. The van der Waals surface area contributed by atoms with Gasteiger partial charge >= 0.3 is 13.4 Å². The molecule has 1 fully saturated rings. The first-order valence-electron chi connectivity index (χ1n) is 11.5. The van der Waals surface area contributed by atoms with Crippen molar-refractivity contribution in [2.24, 2.45) is 5.73 Å². The summed E-state index contributed by atoms with van der Waals surface area (Å²) in [4.78, 5) is 34.0. The van der Waals surface area contributed by atoms with Crippen LogP contribution in [0, 0.1) is 0 Å². The van der Waals surface area contributed by atoms with Crippen molar-refractivity contribution in [1.29, 1.82) is 0 Å². The Kier molecular flexibility index (Phi) is 8.22. The number of aliphatic hydroxyl groups excluding tert-OH is 3. The molecule has 1 aliphatic rings. The normalized spacial score (nSPS) is 24.3. The second-order valence-electron chi connectivity index (χ2n) is 8.57. The summed E-state index contributed by atoms with van der Waals surface area (Å²) in [6.07, 6.45) is -5.34. The predicted octanol–water partition coefficient (Wildman–Crippen LogP) is -0.507. The van der Waals surface area contributed by atoms with E-state index in [0.717, 1.165) is 13.3 Å². The fraction of sp³-hybridized carbons (Fsp3) is 0.409. The number of carbonyl (C=O) groups is 1. The largest absolute Gasteiger partial charge is 0.517 e. The van der Waals surface area contributed by atoms with Crippen molar-refractivity contribution >= 4 is 24.8 Å². The molecule has 1 saturated heterocycles. The molecular formula is C22H27N4O12P. The van der Waals surface area contributed by atoms with Gasteiger partial charge in [-0.1, -0.05) is 18.2 Å². The number of nitrogens with zero attached hydrogens (tertiary/aromatic N) is 3. The molecule has 3 heterocycles. The minimum atomic E-state index is -4.91. The molecule has 16 nitrogen and oxygen atoms in total. The van der Waals surface area contributed by atoms with Gasteiger partial charge in [-0.3, -0.25) is 9.63 Å². The second kappa shape index (κ2) is 11.1. The summed E-state index contributed by atoms with van der Waals surface area (Å²) >= 11 is 0. The Bertz CT molecular complexity index is 1430. The topological polar surface area (TPSA) is 229 Å². The number of para-hydroxylation sites is 1. The molecule has 39 heavy (non-hydrogen) atoms. The second-order valence-corrected chi connectivity index (χ2v) is 10.3. The van der Waals surface area contributed by atoms with Crippen LogP contribution in [0.15, 0.2) is 51.8 Å². The number of rotatable bonds is 10. The number of furan rings is 1. The molecule has 1 aromatic carbocycles. The number of hydrogen-bond acceptors (Lipinski definition) is 14. The van der Waals surface area contributed by atoms with Crippen LogP contribution in [0.1, 0.15) is 19.1 Å². The average molecular weight is 570 g/mol. The minimum absolute atomic E-state index is 0.0368. The van der Waals surface area contributed by atoms with Crippen LogP contribution in [0.5, 0.6) is 5.75 Å². The maximum Gasteiger partial charge on any atom is 0.517 e. The third-order valence-corrected chi connectivity index (χ3v) is 7.36. The van der Waals surface area contributed by atoms with Crippen molar-refractivity contribution in [2.75, 3.05) is 7.11 Å². The number of benzene rings is 1. The van der Waals surface area contributed by atoms with Gasteiger partial charge in [0.05, 0.1) is 31.1 Å². The molecule has 6 N–H and O–H groups in total. The van der Waals surface area contributed by atoms with Crippen LogP contribution in [0.2, 0.25) is 0 Å². The zero-order valence-electron chi connectivity index (χ0n) is 20.7. The van der Waals surface area contributed by atoms with E-state index >= 15 is 0 Å². The number of ether oxygens (including phenoxy) is 1. The van der Waals surface area contributed by atoms with E-state index in [9.17, 15) is 34.6 Å². The Hall–Kier alpha value is -3.18. The third kappa shape index (κ3) is 5.74. The summed E-state index contributed by atoms with van der Waals surface area (Å²) < 4.78 is 35.7. The molecule has 212 valence electrons. The monoisotopic (exact) mass is 570 g/mol. The first-order chi connectivity index (χ1) is 18.4. The van der Waals surface area contributed by atoms with E-state index in [1.165, 1.54) is 37.3 Å². The van der Waals surface area contributed by atoms with E-state index in [1.807, 2.05) is 0 Å². The van der Waals surface area contributed by atoms with E-state index in [0.29, 0.717) is 4.57 Å². The summed E-state index contributed by atoms with van der Waals surface area (Å²) in [5.41, 5.74) is 4.46. The van der Waals surface area contributed by atoms with Gasteiger partial charge < -0.3 is 39.8 Å². The van der Waals surface area contributed by atoms with Gasteiger partial charge in [-0.25, -0.2) is 18.5 Å². The third-order valence-electron chi connectivity index (χ3n) is 5.63. The van der Waals surface area contributed by atoms with E-state index in [4.69, 9.17) is 28.8 Å². The lowest BCUT2D eigenvalue weighted by molar-refractivity contribution is -0.281. The van der Waals surface area contributed by atoms with Gasteiger partial charge in [0.1, 0.15) is 24.2 Å². The maximum absolute atomic E-state index is 13.8. The smallest absolute Gasteiger partial charge is 0.440 e. The Morgan fingerprint density at radius 1 is 1.38 bits per heavy atom. The summed E-state index contributed by atoms with van der Waals surface area (Å²) in [6.45, 7) is 0.818. The van der Waals surface area contributed by atoms with E-state index in [2.05, 4.69) is 4.98 Å². The van der Waals surface area contributed by atoms with Crippen LogP contribution in [0.3, 0.4) is 0 Å². The fourth-order valence-electron chi connectivity index (χ4n) is 3.82. The molecular weight excluding hydrogens is 543 g/mol. The summed E-state index contributed by atoms with van der Waals surface area (Å²) in [5, 5.41) is 42.0. The van der Waals surface area contributed by atoms with Crippen molar-refractivity contribution in [3.8, 4) is 5.75 Å². The highest BCUT2D eigenvalue weighted by Gasteiger charge is 2.53. The van der Waals surface area contributed by atoms with Crippen LogP contribution in [0.25, 0.3) is 11.1 Å². The SMILES string of the molecule is CON(C(=O)[C@H](C)N)P(=O)(Oc1ccccc1)OC(O)[C@H]1O[C@](O)(n2cc3cc(CO)oc3nc2=O)C[C@@H]1O. The number of hydrogen-bond donors (Lipinski definition) is 5. The highest BCUT2D eigenvalue weighted by atomic mass is 31.2. The zero-order chi connectivity index (χ0) is 28.5. The number of amides is 1.